The van der Waals surface area contributed by atoms with E-state index in [0.717, 1.165) is 0 Å². The van der Waals surface area contributed by atoms with Gasteiger partial charge in [-0.1, -0.05) is 0 Å². The van der Waals surface area contributed by atoms with Gasteiger partial charge in [-0.15, -0.1) is 0 Å². The second-order valence-electron chi connectivity index (χ2n) is 2.66. The van der Waals surface area contributed by atoms with Crippen molar-refractivity contribution in [3.63, 3.8) is 0 Å². The molecule has 2 rings (SSSR count). The molecule has 2 amide bonds. The zero-order valence-electron chi connectivity index (χ0n) is 6.90. The van der Waals surface area contributed by atoms with Crippen LogP contribution in [0.5, 0.6) is 0 Å². The van der Waals surface area contributed by atoms with Gasteiger partial charge in [0.25, 0.3) is 0 Å². The monoisotopic (exact) mass is 179 g/mol. The van der Waals surface area contributed by atoms with Crippen LogP contribution in [-0.4, -0.2) is 29.1 Å². The molecule has 13 heavy (non-hydrogen) atoms. The molecular weight excluding hydrogens is 170 g/mol. The van der Waals surface area contributed by atoms with Crippen molar-refractivity contribution < 1.29 is 4.79 Å². The molecule has 3 N–H and O–H groups in total. The average molecular weight is 179 g/mol. The van der Waals surface area contributed by atoms with Gasteiger partial charge < -0.3 is 11.1 Å². The summed E-state index contributed by atoms with van der Waals surface area (Å²) >= 11 is 0. The predicted octanol–water partition coefficient (Wildman–Crippen LogP) is -0.412. The molecule has 6 nitrogen and oxygen atoms in total. The van der Waals surface area contributed by atoms with E-state index in [1.54, 1.807) is 6.07 Å². The number of nitrogen functional groups attached to an aromatic ring is 1. The summed E-state index contributed by atoms with van der Waals surface area (Å²) in [4.78, 5) is 20.4. The molecule has 1 saturated heterocycles. The number of amides is 2. The van der Waals surface area contributed by atoms with Gasteiger partial charge in [0, 0.05) is 19.3 Å². The summed E-state index contributed by atoms with van der Waals surface area (Å²) < 4.78 is 0. The number of carbonyl (C=O) groups excluding carboxylic acids is 1. The molecule has 1 aliphatic rings. The van der Waals surface area contributed by atoms with Crippen molar-refractivity contribution in [2.45, 2.75) is 0 Å². The molecule has 6 heteroatoms. The zero-order chi connectivity index (χ0) is 9.26. The lowest BCUT2D eigenvalue weighted by molar-refractivity contribution is 0.252. The number of urea groups is 1. The van der Waals surface area contributed by atoms with Crippen molar-refractivity contribution in [1.29, 1.82) is 0 Å². The van der Waals surface area contributed by atoms with Crippen LogP contribution in [0.1, 0.15) is 0 Å². The number of aromatic nitrogens is 2. The minimum atomic E-state index is -0.141. The summed E-state index contributed by atoms with van der Waals surface area (Å²) in [6.07, 6.45) is 1.53. The first-order valence-corrected chi connectivity index (χ1v) is 3.91. The summed E-state index contributed by atoms with van der Waals surface area (Å²) in [7, 11) is 0. The molecule has 0 aromatic carbocycles. The highest BCUT2D eigenvalue weighted by Gasteiger charge is 2.22. The van der Waals surface area contributed by atoms with Crippen LogP contribution >= 0.6 is 0 Å². The summed E-state index contributed by atoms with van der Waals surface area (Å²) in [6, 6.07) is 1.51. The SMILES string of the molecule is Nc1nccc(N2CCNC2=O)n1. The average Bonchev–Trinajstić information content (AvgIpc) is 2.51. The molecule has 2 heterocycles. The standard InChI is InChI=1S/C7H9N5O/c8-6-9-2-1-5(11-6)12-4-3-10-7(12)13/h1-2H,3-4H2,(H,10,13)(H2,8,9,11). The second-order valence-corrected chi connectivity index (χ2v) is 2.66. The first-order valence-electron chi connectivity index (χ1n) is 3.91. The summed E-state index contributed by atoms with van der Waals surface area (Å²) in [5.41, 5.74) is 5.39. The summed E-state index contributed by atoms with van der Waals surface area (Å²) in [5.74, 6) is 0.722. The first kappa shape index (κ1) is 7.78. The molecular formula is C7H9N5O. The van der Waals surface area contributed by atoms with Gasteiger partial charge in [-0.25, -0.2) is 9.78 Å². The number of rotatable bonds is 1. The molecule has 0 saturated carbocycles. The van der Waals surface area contributed by atoms with E-state index in [0.29, 0.717) is 18.9 Å². The van der Waals surface area contributed by atoms with Crippen molar-refractivity contribution >= 4 is 17.8 Å². The molecule has 1 aromatic heterocycles. The molecule has 1 aromatic rings. The maximum atomic E-state index is 11.2. The Balaban J connectivity index is 2.29. The molecule has 1 fully saturated rings. The fourth-order valence-corrected chi connectivity index (χ4v) is 1.20. The number of nitrogens with zero attached hydrogens (tertiary/aromatic N) is 3. The van der Waals surface area contributed by atoms with E-state index in [-0.39, 0.29) is 12.0 Å². The van der Waals surface area contributed by atoms with Crippen LogP contribution in [-0.2, 0) is 0 Å². The van der Waals surface area contributed by atoms with Gasteiger partial charge in [0.15, 0.2) is 0 Å². The largest absolute Gasteiger partial charge is 0.368 e. The number of nitrogens with one attached hydrogen (secondary N) is 1. The van der Waals surface area contributed by atoms with Crippen molar-refractivity contribution in [2.24, 2.45) is 0 Å². The van der Waals surface area contributed by atoms with Gasteiger partial charge in [-0.3, -0.25) is 4.90 Å². The van der Waals surface area contributed by atoms with E-state index < -0.39 is 0 Å². The molecule has 1 aliphatic heterocycles. The van der Waals surface area contributed by atoms with E-state index >= 15 is 0 Å². The Kier molecular flexibility index (Phi) is 1.73. The highest BCUT2D eigenvalue weighted by molar-refractivity contribution is 5.93. The number of anilines is 2. The van der Waals surface area contributed by atoms with E-state index in [4.69, 9.17) is 5.73 Å². The number of hydrogen-bond donors (Lipinski definition) is 2. The van der Waals surface area contributed by atoms with Crippen molar-refractivity contribution in [3.05, 3.63) is 12.3 Å². The Morgan fingerprint density at radius 3 is 3.08 bits per heavy atom. The molecule has 0 unspecified atom stereocenters. The Morgan fingerprint density at radius 2 is 2.46 bits per heavy atom. The second kappa shape index (κ2) is 2.89. The third-order valence-corrected chi connectivity index (χ3v) is 1.79. The van der Waals surface area contributed by atoms with E-state index in [1.807, 2.05) is 0 Å². The Bertz CT molecular complexity index is 339. The highest BCUT2D eigenvalue weighted by atomic mass is 16.2. The number of hydrogen-bond acceptors (Lipinski definition) is 4. The number of carbonyl (C=O) groups is 1. The van der Waals surface area contributed by atoms with Gasteiger partial charge in [0.2, 0.25) is 5.95 Å². The Labute approximate surface area is 74.8 Å². The minimum absolute atomic E-state index is 0.141. The molecule has 0 bridgehead atoms. The van der Waals surface area contributed by atoms with Crippen molar-refractivity contribution in [2.75, 3.05) is 23.7 Å². The zero-order valence-corrected chi connectivity index (χ0v) is 6.90. The number of nitrogens with two attached hydrogens (primary N) is 1. The topological polar surface area (TPSA) is 84.1 Å². The molecule has 0 radical (unpaired) electrons. The summed E-state index contributed by atoms with van der Waals surface area (Å²) in [6.45, 7) is 1.26. The lowest BCUT2D eigenvalue weighted by atomic mass is 10.5. The fourth-order valence-electron chi connectivity index (χ4n) is 1.20. The van der Waals surface area contributed by atoms with Crippen molar-refractivity contribution in [3.8, 4) is 0 Å². The molecule has 0 atom stereocenters. The maximum Gasteiger partial charge on any atom is 0.323 e. The van der Waals surface area contributed by atoms with Crippen LogP contribution < -0.4 is 16.0 Å². The van der Waals surface area contributed by atoms with Gasteiger partial charge >= 0.3 is 6.03 Å². The summed E-state index contributed by atoms with van der Waals surface area (Å²) in [5, 5.41) is 2.67. The predicted molar refractivity (Wildman–Crippen MR) is 47.2 cm³/mol. The van der Waals surface area contributed by atoms with Crippen LogP contribution in [0.2, 0.25) is 0 Å². The fraction of sp³-hybridized carbons (Fsp3) is 0.286. The maximum absolute atomic E-state index is 11.2. The third kappa shape index (κ3) is 1.37. The van der Waals surface area contributed by atoms with Gasteiger partial charge in [-0.2, -0.15) is 4.98 Å². The molecule has 0 spiro atoms. The van der Waals surface area contributed by atoms with Crippen LogP contribution in [0.25, 0.3) is 0 Å². The van der Waals surface area contributed by atoms with Crippen molar-refractivity contribution in [1.82, 2.24) is 15.3 Å². The van der Waals surface area contributed by atoms with E-state index in [2.05, 4.69) is 15.3 Å². The van der Waals surface area contributed by atoms with Crippen LogP contribution in [0.3, 0.4) is 0 Å². The van der Waals surface area contributed by atoms with Gasteiger partial charge in [0.05, 0.1) is 0 Å². The quantitative estimate of drug-likeness (QED) is 0.613. The lowest BCUT2D eigenvalue weighted by Gasteiger charge is -2.11. The Morgan fingerprint density at radius 1 is 1.62 bits per heavy atom. The van der Waals surface area contributed by atoms with E-state index in [1.165, 1.54) is 11.1 Å². The van der Waals surface area contributed by atoms with Crippen LogP contribution in [0.15, 0.2) is 12.3 Å². The minimum Gasteiger partial charge on any atom is -0.368 e. The van der Waals surface area contributed by atoms with E-state index in [9.17, 15) is 4.79 Å². The van der Waals surface area contributed by atoms with Gasteiger partial charge in [0.1, 0.15) is 5.82 Å². The third-order valence-electron chi connectivity index (χ3n) is 1.79. The lowest BCUT2D eigenvalue weighted by Crippen LogP contribution is -2.28. The normalized spacial score (nSPS) is 16.0. The highest BCUT2D eigenvalue weighted by Crippen LogP contribution is 2.12. The molecule has 68 valence electrons. The van der Waals surface area contributed by atoms with Gasteiger partial charge in [-0.05, 0) is 6.07 Å². The van der Waals surface area contributed by atoms with Crippen LogP contribution in [0, 0.1) is 0 Å². The first-order chi connectivity index (χ1) is 6.27. The Hall–Kier alpha value is -1.85. The smallest absolute Gasteiger partial charge is 0.323 e. The molecule has 0 aliphatic carbocycles. The van der Waals surface area contributed by atoms with Crippen LogP contribution in [0.4, 0.5) is 16.6 Å².